The summed E-state index contributed by atoms with van der Waals surface area (Å²) in [4.78, 5) is 0. The van der Waals surface area contributed by atoms with E-state index in [1.807, 2.05) is 16.4 Å². The Morgan fingerprint density at radius 1 is 1.23 bits per heavy atom. The second-order valence-corrected chi connectivity index (χ2v) is 3.33. The van der Waals surface area contributed by atoms with E-state index in [2.05, 4.69) is 0 Å². The molecule has 0 spiro atoms. The summed E-state index contributed by atoms with van der Waals surface area (Å²) in [6.45, 7) is 1.82. The molecule has 78 valence electrons. The molecule has 1 fully saturated rings. The SMILES string of the molecule is CC[C@H]1O[C@H](OP)[C@@H](O)[C@@H](O)[C@@H]1O. The Kier molecular flexibility index (Phi) is 4.04. The van der Waals surface area contributed by atoms with Crippen LogP contribution in [0.1, 0.15) is 13.3 Å². The molecule has 0 saturated carbocycles. The Bertz CT molecular complexity index is 147. The smallest absolute Gasteiger partial charge is 0.189 e. The monoisotopic (exact) mass is 210 g/mol. The topological polar surface area (TPSA) is 79.2 Å². The highest BCUT2D eigenvalue weighted by molar-refractivity contribution is 7.09. The maximum atomic E-state index is 9.42. The lowest BCUT2D eigenvalue weighted by Crippen LogP contribution is -2.57. The Morgan fingerprint density at radius 2 is 1.85 bits per heavy atom. The van der Waals surface area contributed by atoms with Gasteiger partial charge in [-0.05, 0) is 6.42 Å². The van der Waals surface area contributed by atoms with Gasteiger partial charge in [0.25, 0.3) is 0 Å². The fourth-order valence-corrected chi connectivity index (χ4v) is 1.59. The summed E-state index contributed by atoms with van der Waals surface area (Å²) in [7, 11) is 1.96. The standard InChI is InChI=1S/C7H15O5P/c1-2-3-4(8)5(9)6(10)7(11-3)12-13/h3-10H,2,13H2,1H3/t3-,4-,5+,6+,7-/m1/s1. The van der Waals surface area contributed by atoms with Gasteiger partial charge in [0, 0.05) is 9.47 Å². The van der Waals surface area contributed by atoms with Crippen molar-refractivity contribution in [3.63, 3.8) is 0 Å². The summed E-state index contributed by atoms with van der Waals surface area (Å²) in [5.41, 5.74) is 0. The van der Waals surface area contributed by atoms with E-state index in [0.29, 0.717) is 6.42 Å². The molecule has 1 aliphatic heterocycles. The Hall–Kier alpha value is 0.230. The van der Waals surface area contributed by atoms with Crippen molar-refractivity contribution in [3.8, 4) is 0 Å². The number of hydrogen-bond donors (Lipinski definition) is 3. The predicted molar refractivity (Wildman–Crippen MR) is 47.8 cm³/mol. The summed E-state index contributed by atoms with van der Waals surface area (Å²) in [6.07, 6.45) is -4.33. The molecule has 1 aliphatic rings. The molecule has 0 bridgehead atoms. The van der Waals surface area contributed by atoms with Crippen molar-refractivity contribution in [2.75, 3.05) is 0 Å². The lowest BCUT2D eigenvalue weighted by molar-refractivity contribution is -0.269. The number of aliphatic hydroxyl groups is 3. The van der Waals surface area contributed by atoms with Crippen LogP contribution in [0.4, 0.5) is 0 Å². The first-order valence-corrected chi connectivity index (χ1v) is 4.64. The predicted octanol–water partition coefficient (Wildman–Crippen LogP) is -0.989. The molecule has 1 saturated heterocycles. The van der Waals surface area contributed by atoms with Gasteiger partial charge in [0.15, 0.2) is 6.29 Å². The van der Waals surface area contributed by atoms with E-state index in [1.165, 1.54) is 0 Å². The van der Waals surface area contributed by atoms with Crippen LogP contribution in [-0.2, 0) is 9.26 Å². The van der Waals surface area contributed by atoms with Gasteiger partial charge in [-0.1, -0.05) is 6.92 Å². The molecule has 1 unspecified atom stereocenters. The van der Waals surface area contributed by atoms with Crippen LogP contribution in [0.25, 0.3) is 0 Å². The van der Waals surface area contributed by atoms with Crippen molar-refractivity contribution in [2.24, 2.45) is 0 Å². The van der Waals surface area contributed by atoms with Crippen LogP contribution in [0.15, 0.2) is 0 Å². The highest BCUT2D eigenvalue weighted by Crippen LogP contribution is 2.24. The molecule has 0 aromatic heterocycles. The summed E-state index contributed by atoms with van der Waals surface area (Å²) in [5.74, 6) is 0. The van der Waals surface area contributed by atoms with Gasteiger partial charge in [0.05, 0.1) is 6.10 Å². The van der Waals surface area contributed by atoms with Gasteiger partial charge in [-0.15, -0.1) is 0 Å². The fraction of sp³-hybridized carbons (Fsp3) is 1.00. The third-order valence-corrected chi connectivity index (χ3v) is 2.47. The number of rotatable bonds is 2. The van der Waals surface area contributed by atoms with E-state index < -0.39 is 30.7 Å². The quantitative estimate of drug-likeness (QED) is 0.510. The van der Waals surface area contributed by atoms with Crippen LogP contribution in [-0.4, -0.2) is 46.0 Å². The van der Waals surface area contributed by atoms with Gasteiger partial charge in [0.1, 0.15) is 18.3 Å². The molecule has 5 nitrogen and oxygen atoms in total. The van der Waals surface area contributed by atoms with Crippen LogP contribution >= 0.6 is 9.47 Å². The average Bonchev–Trinajstić information content (AvgIpc) is 2.15. The molecular formula is C7H15O5P. The fourth-order valence-electron chi connectivity index (χ4n) is 1.37. The van der Waals surface area contributed by atoms with Crippen molar-refractivity contribution in [3.05, 3.63) is 0 Å². The molecule has 0 radical (unpaired) electrons. The second kappa shape index (κ2) is 4.64. The highest BCUT2D eigenvalue weighted by Gasteiger charge is 2.42. The van der Waals surface area contributed by atoms with Crippen LogP contribution in [0.2, 0.25) is 0 Å². The number of hydrogen-bond acceptors (Lipinski definition) is 5. The zero-order valence-electron chi connectivity index (χ0n) is 7.33. The molecule has 0 aromatic carbocycles. The van der Waals surface area contributed by atoms with Crippen molar-refractivity contribution in [1.82, 2.24) is 0 Å². The lowest BCUT2D eigenvalue weighted by Gasteiger charge is -2.39. The molecule has 0 aliphatic carbocycles. The summed E-state index contributed by atoms with van der Waals surface area (Å²) in [5, 5.41) is 28.2. The third-order valence-electron chi connectivity index (χ3n) is 2.20. The van der Waals surface area contributed by atoms with E-state index in [9.17, 15) is 15.3 Å². The van der Waals surface area contributed by atoms with Crippen LogP contribution in [0.3, 0.4) is 0 Å². The van der Waals surface area contributed by atoms with Crippen LogP contribution < -0.4 is 0 Å². The van der Waals surface area contributed by atoms with Crippen molar-refractivity contribution in [1.29, 1.82) is 0 Å². The lowest BCUT2D eigenvalue weighted by atomic mass is 9.97. The summed E-state index contributed by atoms with van der Waals surface area (Å²) >= 11 is 0. The summed E-state index contributed by atoms with van der Waals surface area (Å²) < 4.78 is 9.90. The van der Waals surface area contributed by atoms with Gasteiger partial charge in [0.2, 0.25) is 0 Å². The summed E-state index contributed by atoms with van der Waals surface area (Å²) in [6, 6.07) is 0. The van der Waals surface area contributed by atoms with Crippen molar-refractivity contribution in [2.45, 2.75) is 44.1 Å². The molecule has 6 atom stereocenters. The Balaban J connectivity index is 2.66. The van der Waals surface area contributed by atoms with E-state index in [4.69, 9.17) is 9.26 Å². The zero-order chi connectivity index (χ0) is 10.0. The number of ether oxygens (including phenoxy) is 1. The van der Waals surface area contributed by atoms with E-state index in [1.54, 1.807) is 0 Å². The Labute approximate surface area is 78.9 Å². The molecule has 3 N–H and O–H groups in total. The first-order chi connectivity index (χ1) is 6.11. The highest BCUT2D eigenvalue weighted by atomic mass is 31.0. The van der Waals surface area contributed by atoms with Crippen molar-refractivity contribution >= 4 is 9.47 Å². The zero-order valence-corrected chi connectivity index (χ0v) is 8.48. The van der Waals surface area contributed by atoms with Gasteiger partial charge in [-0.3, -0.25) is 0 Å². The molecule has 6 heteroatoms. The average molecular weight is 210 g/mol. The minimum atomic E-state index is -1.22. The molecule has 0 aromatic rings. The third kappa shape index (κ3) is 2.18. The maximum absolute atomic E-state index is 9.42. The van der Waals surface area contributed by atoms with Gasteiger partial charge in [-0.25, -0.2) is 0 Å². The van der Waals surface area contributed by atoms with Gasteiger partial charge in [-0.2, -0.15) is 0 Å². The van der Waals surface area contributed by atoms with E-state index >= 15 is 0 Å². The minimum absolute atomic E-state index is 0.496. The largest absolute Gasteiger partial charge is 0.388 e. The van der Waals surface area contributed by atoms with Gasteiger partial charge >= 0.3 is 0 Å². The van der Waals surface area contributed by atoms with Crippen molar-refractivity contribution < 1.29 is 24.6 Å². The minimum Gasteiger partial charge on any atom is -0.388 e. The number of aliphatic hydroxyl groups excluding tert-OH is 3. The first kappa shape index (κ1) is 11.3. The van der Waals surface area contributed by atoms with E-state index in [0.717, 1.165) is 0 Å². The van der Waals surface area contributed by atoms with Gasteiger partial charge < -0.3 is 24.6 Å². The van der Waals surface area contributed by atoms with Crippen LogP contribution in [0, 0.1) is 0 Å². The second-order valence-electron chi connectivity index (χ2n) is 3.06. The Morgan fingerprint density at radius 3 is 2.31 bits per heavy atom. The maximum Gasteiger partial charge on any atom is 0.189 e. The molecule has 13 heavy (non-hydrogen) atoms. The molecule has 0 amide bonds. The molecular weight excluding hydrogens is 195 g/mol. The van der Waals surface area contributed by atoms with Crippen LogP contribution in [0.5, 0.6) is 0 Å². The first-order valence-electron chi connectivity index (χ1n) is 4.17. The molecule has 1 heterocycles. The van der Waals surface area contributed by atoms with E-state index in [-0.39, 0.29) is 0 Å². The molecule has 1 rings (SSSR count). The normalized spacial score (nSPS) is 46.4.